The molecule has 0 bridgehead atoms. The molecular formula is C16H14F16O3. The van der Waals surface area contributed by atoms with Crippen molar-refractivity contribution in [2.24, 2.45) is 0 Å². The van der Waals surface area contributed by atoms with Crippen LogP contribution < -0.4 is 0 Å². The summed E-state index contributed by atoms with van der Waals surface area (Å²) in [4.78, 5) is 11.0. The predicted molar refractivity (Wildman–Crippen MR) is 81.6 cm³/mol. The van der Waals surface area contributed by atoms with Crippen LogP contribution in [0.2, 0.25) is 0 Å². The Morgan fingerprint density at radius 2 is 1.14 bits per heavy atom. The summed E-state index contributed by atoms with van der Waals surface area (Å²) in [5.41, 5.74) is -0.328. The van der Waals surface area contributed by atoms with Crippen molar-refractivity contribution in [2.45, 2.75) is 73.8 Å². The first kappa shape index (κ1) is 33.0. The average molecular weight is 558 g/mol. The zero-order valence-electron chi connectivity index (χ0n) is 16.8. The van der Waals surface area contributed by atoms with Gasteiger partial charge >= 0.3 is 53.9 Å². The fourth-order valence-electron chi connectivity index (χ4n) is 2.05. The highest BCUT2D eigenvalue weighted by molar-refractivity contribution is 5.86. The number of aliphatic hydroxyl groups excluding tert-OH is 1. The summed E-state index contributed by atoms with van der Waals surface area (Å²) in [7, 11) is 0. The minimum Gasteiger partial charge on any atom is -0.460 e. The van der Waals surface area contributed by atoms with E-state index in [2.05, 4.69) is 11.3 Å². The second-order valence-corrected chi connectivity index (χ2v) is 7.07. The number of aliphatic hydroxyl groups is 1. The molecule has 0 rings (SSSR count). The van der Waals surface area contributed by atoms with E-state index < -0.39 is 79.4 Å². The van der Waals surface area contributed by atoms with Gasteiger partial charge in [0, 0.05) is 12.0 Å². The van der Waals surface area contributed by atoms with Crippen molar-refractivity contribution in [3.05, 3.63) is 12.2 Å². The van der Waals surface area contributed by atoms with Gasteiger partial charge < -0.3 is 9.84 Å². The Hall–Kier alpha value is -1.95. The lowest BCUT2D eigenvalue weighted by Gasteiger charge is -2.42. The fraction of sp³-hybridized carbons (Fsp3) is 0.812. The summed E-state index contributed by atoms with van der Waals surface area (Å²) in [6.45, 7) is 2.80. The molecule has 0 aliphatic heterocycles. The van der Waals surface area contributed by atoms with Gasteiger partial charge in [0.2, 0.25) is 0 Å². The number of alkyl halides is 16. The molecule has 0 fully saturated rings. The third kappa shape index (κ3) is 5.42. The first-order chi connectivity index (χ1) is 15.2. The molecular weight excluding hydrogens is 544 g/mol. The highest BCUT2D eigenvalue weighted by atomic mass is 19.4. The Morgan fingerprint density at radius 1 is 0.771 bits per heavy atom. The van der Waals surface area contributed by atoms with Gasteiger partial charge in [-0.15, -0.1) is 0 Å². The SMILES string of the molecule is C=C(C)C(=O)OCC(O)CCC(F)(F)C(F)(F)C(F)(F)C(F)(F)C(F)(F)C(F)(F)C(F)(F)C(F)F. The average Bonchev–Trinajstić information content (AvgIpc) is 2.69. The van der Waals surface area contributed by atoms with E-state index >= 15 is 0 Å². The summed E-state index contributed by atoms with van der Waals surface area (Å²) < 4.78 is 215. The van der Waals surface area contributed by atoms with Gasteiger partial charge in [-0.05, 0) is 13.3 Å². The number of carbonyl (C=O) groups excluding carboxylic acids is 1. The standard InChI is InChI=1S/C16H14F16O3/c1-6(2)8(34)35-5-7(33)3-4-10(19,20)12(23,24)14(27,28)16(31,32)15(29,30)13(25,26)11(21,22)9(17)18/h7,9,33H,1,3-5H2,2H3. The number of carbonyl (C=O) groups is 1. The summed E-state index contributed by atoms with van der Waals surface area (Å²) in [5.74, 6) is -56.3. The Kier molecular flexibility index (Phi) is 9.29. The lowest BCUT2D eigenvalue weighted by Crippen LogP contribution is -2.73. The zero-order valence-corrected chi connectivity index (χ0v) is 16.8. The van der Waals surface area contributed by atoms with Gasteiger partial charge in [0.05, 0.1) is 6.10 Å². The Bertz CT molecular complexity index is 777. The molecule has 1 N–H and O–H groups in total. The molecule has 208 valence electrons. The molecule has 3 nitrogen and oxygen atoms in total. The molecule has 0 aliphatic rings. The quantitative estimate of drug-likeness (QED) is 0.173. The minimum absolute atomic E-state index is 0.328. The van der Waals surface area contributed by atoms with Crippen LogP contribution in [0.3, 0.4) is 0 Å². The largest absolute Gasteiger partial charge is 0.460 e. The van der Waals surface area contributed by atoms with Gasteiger partial charge in [-0.2, -0.15) is 61.5 Å². The number of halogens is 16. The molecule has 0 saturated carbocycles. The molecule has 0 aliphatic carbocycles. The van der Waals surface area contributed by atoms with Crippen LogP contribution in [0.1, 0.15) is 19.8 Å². The van der Waals surface area contributed by atoms with Crippen molar-refractivity contribution in [1.29, 1.82) is 0 Å². The van der Waals surface area contributed by atoms with E-state index in [1.54, 1.807) is 0 Å². The van der Waals surface area contributed by atoms with Crippen LogP contribution in [0, 0.1) is 0 Å². The Labute approximate surface area is 184 Å². The Balaban J connectivity index is 6.06. The van der Waals surface area contributed by atoms with Crippen molar-refractivity contribution < 1.29 is 84.9 Å². The molecule has 1 atom stereocenters. The van der Waals surface area contributed by atoms with E-state index in [1.165, 1.54) is 0 Å². The summed E-state index contributed by atoms with van der Waals surface area (Å²) >= 11 is 0. The van der Waals surface area contributed by atoms with Crippen molar-refractivity contribution in [2.75, 3.05) is 6.61 Å². The van der Waals surface area contributed by atoms with Crippen LogP contribution >= 0.6 is 0 Å². The number of rotatable bonds is 13. The predicted octanol–water partition coefficient (Wildman–Crippen LogP) is 5.96. The van der Waals surface area contributed by atoms with E-state index in [9.17, 15) is 80.1 Å². The maximum absolute atomic E-state index is 13.7. The topological polar surface area (TPSA) is 46.5 Å². The van der Waals surface area contributed by atoms with E-state index in [0.717, 1.165) is 6.92 Å². The number of ether oxygens (including phenoxy) is 1. The molecule has 0 amide bonds. The van der Waals surface area contributed by atoms with E-state index in [1.807, 2.05) is 0 Å². The smallest absolute Gasteiger partial charge is 0.384 e. The van der Waals surface area contributed by atoms with Gasteiger partial charge in [0.1, 0.15) is 6.61 Å². The van der Waals surface area contributed by atoms with Gasteiger partial charge in [0.15, 0.2) is 0 Å². The normalized spacial score (nSPS) is 15.9. The lowest BCUT2D eigenvalue weighted by molar-refractivity contribution is -0.447. The van der Waals surface area contributed by atoms with Gasteiger partial charge in [-0.1, -0.05) is 6.58 Å². The fourth-order valence-corrected chi connectivity index (χ4v) is 2.05. The van der Waals surface area contributed by atoms with Crippen molar-refractivity contribution in [3.63, 3.8) is 0 Å². The van der Waals surface area contributed by atoms with Gasteiger partial charge in [0.25, 0.3) is 0 Å². The van der Waals surface area contributed by atoms with E-state index in [0.29, 0.717) is 0 Å². The summed E-state index contributed by atoms with van der Waals surface area (Å²) in [5, 5.41) is 9.25. The monoisotopic (exact) mass is 558 g/mol. The lowest BCUT2D eigenvalue weighted by atomic mass is 9.88. The van der Waals surface area contributed by atoms with Crippen LogP contribution in [0.5, 0.6) is 0 Å². The van der Waals surface area contributed by atoms with Crippen LogP contribution in [0.25, 0.3) is 0 Å². The minimum atomic E-state index is -8.47. The first-order valence-corrected chi connectivity index (χ1v) is 8.60. The van der Waals surface area contributed by atoms with Crippen molar-refractivity contribution >= 4 is 5.97 Å². The van der Waals surface area contributed by atoms with Crippen LogP contribution in [-0.2, 0) is 9.53 Å². The molecule has 0 aromatic carbocycles. The molecule has 35 heavy (non-hydrogen) atoms. The molecule has 1 unspecified atom stereocenters. The van der Waals surface area contributed by atoms with Crippen LogP contribution in [0.4, 0.5) is 70.2 Å². The molecule has 0 heterocycles. The summed E-state index contributed by atoms with van der Waals surface area (Å²) in [6.07, 6.45) is -12.8. The third-order valence-electron chi connectivity index (χ3n) is 4.28. The van der Waals surface area contributed by atoms with E-state index in [4.69, 9.17) is 0 Å². The maximum Gasteiger partial charge on any atom is 0.384 e. The van der Waals surface area contributed by atoms with Crippen molar-refractivity contribution in [1.82, 2.24) is 0 Å². The number of hydrogen-bond acceptors (Lipinski definition) is 3. The summed E-state index contributed by atoms with van der Waals surface area (Å²) in [6, 6.07) is 0. The van der Waals surface area contributed by atoms with Crippen LogP contribution in [-0.4, -0.2) is 71.7 Å². The Morgan fingerprint density at radius 3 is 1.51 bits per heavy atom. The zero-order chi connectivity index (χ0) is 28.6. The first-order valence-electron chi connectivity index (χ1n) is 8.60. The molecule has 0 aromatic rings. The van der Waals surface area contributed by atoms with Gasteiger partial charge in [-0.3, -0.25) is 0 Å². The maximum atomic E-state index is 13.7. The molecule has 19 heteroatoms. The second kappa shape index (κ2) is 9.84. The van der Waals surface area contributed by atoms with Gasteiger partial charge in [-0.25, -0.2) is 13.6 Å². The third-order valence-corrected chi connectivity index (χ3v) is 4.28. The molecule has 0 saturated heterocycles. The van der Waals surface area contributed by atoms with Crippen LogP contribution in [0.15, 0.2) is 12.2 Å². The number of esters is 1. The highest BCUT2D eigenvalue weighted by Crippen LogP contribution is 2.63. The molecule has 0 aromatic heterocycles. The highest BCUT2D eigenvalue weighted by Gasteiger charge is 2.93. The van der Waals surface area contributed by atoms with Crippen molar-refractivity contribution in [3.8, 4) is 0 Å². The molecule has 0 radical (unpaired) electrons. The van der Waals surface area contributed by atoms with E-state index in [-0.39, 0.29) is 5.57 Å². The molecule has 0 spiro atoms. The number of hydrogen-bond donors (Lipinski definition) is 1. The second-order valence-electron chi connectivity index (χ2n) is 7.07.